The number of ether oxygens (including phenoxy) is 1. The number of benzene rings is 1. The molecule has 0 saturated carbocycles. The largest absolute Gasteiger partial charge is 0.452 e. The molecular weight excluding hydrogens is 312 g/mol. The fourth-order valence-electron chi connectivity index (χ4n) is 1.86. The number of carbonyl (C=O) groups excluding carboxylic acids is 2. The molecule has 0 radical (unpaired) electrons. The van der Waals surface area contributed by atoms with Crippen LogP contribution in [0.25, 0.3) is 0 Å². The van der Waals surface area contributed by atoms with E-state index < -0.39 is 29.1 Å². The van der Waals surface area contributed by atoms with Gasteiger partial charge in [0.15, 0.2) is 6.61 Å². The van der Waals surface area contributed by atoms with Crippen LogP contribution in [0.5, 0.6) is 0 Å². The van der Waals surface area contributed by atoms with E-state index in [2.05, 4.69) is 5.32 Å². The zero-order chi connectivity index (χ0) is 16.7. The van der Waals surface area contributed by atoms with Gasteiger partial charge in [-0.25, -0.2) is 4.79 Å². The Hall–Kier alpha value is -2.15. The lowest BCUT2D eigenvalue weighted by Gasteiger charge is -2.12. The first-order valence-electron chi connectivity index (χ1n) is 6.75. The number of esters is 1. The quantitative estimate of drug-likeness (QED) is 0.471. The Bertz CT molecular complexity index is 576. The summed E-state index contributed by atoms with van der Waals surface area (Å²) in [7, 11) is 0. The van der Waals surface area contributed by atoms with Gasteiger partial charge in [0.2, 0.25) is 0 Å². The lowest BCUT2D eigenvalue weighted by Crippen LogP contribution is -2.35. The second kappa shape index (κ2) is 8.33. The second-order valence-corrected chi connectivity index (χ2v) is 5.19. The van der Waals surface area contributed by atoms with Gasteiger partial charge < -0.3 is 10.1 Å². The molecule has 0 fully saturated rings. The Morgan fingerprint density at radius 3 is 2.73 bits per heavy atom. The fourth-order valence-corrected chi connectivity index (χ4v) is 2.03. The lowest BCUT2D eigenvalue weighted by molar-refractivity contribution is -0.385. The topological polar surface area (TPSA) is 98.5 Å². The minimum absolute atomic E-state index is 0.0268. The molecule has 1 aromatic carbocycles. The third-order valence-electron chi connectivity index (χ3n) is 2.84. The number of carbonyl (C=O) groups is 2. The van der Waals surface area contributed by atoms with Crippen molar-refractivity contribution in [3.05, 3.63) is 38.9 Å². The van der Waals surface area contributed by atoms with Crippen molar-refractivity contribution in [2.24, 2.45) is 0 Å². The van der Waals surface area contributed by atoms with Crippen molar-refractivity contribution in [3.8, 4) is 0 Å². The standard InChI is InChI=1S/C14H17ClN2O5/c1-3-4-9(2)16-13(18)8-22-14(19)11-6-5-10(15)7-12(11)17(20)21/h5-7,9H,3-4,8H2,1-2H3,(H,16,18)/t9-/m1/s1. The normalized spacial score (nSPS) is 11.6. The summed E-state index contributed by atoms with van der Waals surface area (Å²) in [5, 5.41) is 13.7. The molecule has 0 saturated heterocycles. The molecule has 1 atom stereocenters. The molecule has 120 valence electrons. The number of nitro groups is 1. The molecule has 8 heteroatoms. The molecule has 0 aliphatic heterocycles. The Morgan fingerprint density at radius 2 is 2.14 bits per heavy atom. The summed E-state index contributed by atoms with van der Waals surface area (Å²) in [6, 6.07) is 3.57. The average Bonchev–Trinajstić information content (AvgIpc) is 2.44. The van der Waals surface area contributed by atoms with E-state index in [-0.39, 0.29) is 16.6 Å². The van der Waals surface area contributed by atoms with Crippen LogP contribution in [0, 0.1) is 10.1 Å². The van der Waals surface area contributed by atoms with Gasteiger partial charge in [-0.1, -0.05) is 24.9 Å². The maximum atomic E-state index is 11.8. The van der Waals surface area contributed by atoms with Gasteiger partial charge in [0.1, 0.15) is 5.56 Å². The highest BCUT2D eigenvalue weighted by atomic mass is 35.5. The molecule has 1 amide bonds. The van der Waals surface area contributed by atoms with Gasteiger partial charge in [-0.2, -0.15) is 0 Å². The van der Waals surface area contributed by atoms with Crippen LogP contribution in [0.4, 0.5) is 5.69 Å². The van der Waals surface area contributed by atoms with Crippen molar-refractivity contribution in [2.45, 2.75) is 32.7 Å². The van der Waals surface area contributed by atoms with Crippen LogP contribution in [0.3, 0.4) is 0 Å². The number of hydrogen-bond acceptors (Lipinski definition) is 5. The zero-order valence-electron chi connectivity index (χ0n) is 12.3. The minimum atomic E-state index is -0.943. The van der Waals surface area contributed by atoms with Gasteiger partial charge in [-0.15, -0.1) is 0 Å². The van der Waals surface area contributed by atoms with Crippen LogP contribution in [0.15, 0.2) is 18.2 Å². The number of nitrogens with zero attached hydrogens (tertiary/aromatic N) is 1. The van der Waals surface area contributed by atoms with Crippen molar-refractivity contribution < 1.29 is 19.2 Å². The average molecular weight is 329 g/mol. The molecular formula is C14H17ClN2O5. The number of amides is 1. The van der Waals surface area contributed by atoms with E-state index in [4.69, 9.17) is 16.3 Å². The van der Waals surface area contributed by atoms with Gasteiger partial charge in [0.05, 0.1) is 4.92 Å². The monoisotopic (exact) mass is 328 g/mol. The number of nitrogens with one attached hydrogen (secondary N) is 1. The molecule has 1 aromatic rings. The Balaban J connectivity index is 2.66. The van der Waals surface area contributed by atoms with Crippen molar-refractivity contribution in [3.63, 3.8) is 0 Å². The molecule has 0 aliphatic rings. The lowest BCUT2D eigenvalue weighted by atomic mass is 10.2. The van der Waals surface area contributed by atoms with Gasteiger partial charge in [0, 0.05) is 17.1 Å². The van der Waals surface area contributed by atoms with Crippen LogP contribution in [0.1, 0.15) is 37.0 Å². The summed E-state index contributed by atoms with van der Waals surface area (Å²) in [5.41, 5.74) is -0.707. The summed E-state index contributed by atoms with van der Waals surface area (Å²) in [5.74, 6) is -1.40. The zero-order valence-corrected chi connectivity index (χ0v) is 13.1. The molecule has 0 aliphatic carbocycles. The van der Waals surface area contributed by atoms with Gasteiger partial charge >= 0.3 is 5.97 Å². The van der Waals surface area contributed by atoms with Crippen LogP contribution < -0.4 is 5.32 Å². The molecule has 0 bridgehead atoms. The van der Waals surface area contributed by atoms with Crippen LogP contribution in [0.2, 0.25) is 5.02 Å². The molecule has 7 nitrogen and oxygen atoms in total. The molecule has 1 N–H and O–H groups in total. The highest BCUT2D eigenvalue weighted by Gasteiger charge is 2.22. The third kappa shape index (κ3) is 5.33. The van der Waals surface area contributed by atoms with Crippen LogP contribution in [-0.2, 0) is 9.53 Å². The SMILES string of the molecule is CCC[C@@H](C)NC(=O)COC(=O)c1ccc(Cl)cc1[N+](=O)[O-]. The van der Waals surface area contributed by atoms with Crippen molar-refractivity contribution in [2.75, 3.05) is 6.61 Å². The smallest absolute Gasteiger partial charge is 0.345 e. The summed E-state index contributed by atoms with van der Waals surface area (Å²) < 4.78 is 4.80. The summed E-state index contributed by atoms with van der Waals surface area (Å²) in [6.45, 7) is 3.34. The number of nitro benzene ring substituents is 1. The van der Waals surface area contributed by atoms with Crippen LogP contribution in [-0.4, -0.2) is 29.4 Å². The molecule has 0 aromatic heterocycles. The fraction of sp³-hybridized carbons (Fsp3) is 0.429. The van der Waals surface area contributed by atoms with E-state index in [0.717, 1.165) is 18.9 Å². The summed E-state index contributed by atoms with van der Waals surface area (Å²) >= 11 is 5.66. The van der Waals surface area contributed by atoms with Crippen molar-refractivity contribution in [1.82, 2.24) is 5.32 Å². The Labute approximate surface area is 132 Å². The number of rotatable bonds is 7. The van der Waals surface area contributed by atoms with Crippen molar-refractivity contribution >= 4 is 29.2 Å². The van der Waals surface area contributed by atoms with E-state index in [1.54, 1.807) is 0 Å². The third-order valence-corrected chi connectivity index (χ3v) is 3.07. The van der Waals surface area contributed by atoms with E-state index in [9.17, 15) is 19.7 Å². The first-order valence-corrected chi connectivity index (χ1v) is 7.13. The van der Waals surface area contributed by atoms with Gasteiger partial charge in [0.25, 0.3) is 11.6 Å². The first kappa shape index (κ1) is 17.9. The second-order valence-electron chi connectivity index (χ2n) is 4.75. The summed E-state index contributed by atoms with van der Waals surface area (Å²) in [6.07, 6.45) is 1.72. The van der Waals surface area contributed by atoms with E-state index in [0.29, 0.717) is 0 Å². The Morgan fingerprint density at radius 1 is 1.45 bits per heavy atom. The summed E-state index contributed by atoms with van der Waals surface area (Å²) in [4.78, 5) is 33.6. The molecule has 0 unspecified atom stereocenters. The van der Waals surface area contributed by atoms with Gasteiger partial charge in [-0.3, -0.25) is 14.9 Å². The van der Waals surface area contributed by atoms with Gasteiger partial charge in [-0.05, 0) is 25.5 Å². The highest BCUT2D eigenvalue weighted by Crippen LogP contribution is 2.23. The predicted octanol–water partition coefficient (Wildman–Crippen LogP) is 2.71. The number of hydrogen-bond donors (Lipinski definition) is 1. The Kier molecular flexibility index (Phi) is 6.78. The first-order chi connectivity index (χ1) is 10.3. The molecule has 22 heavy (non-hydrogen) atoms. The minimum Gasteiger partial charge on any atom is -0.452 e. The van der Waals surface area contributed by atoms with Crippen LogP contribution >= 0.6 is 11.6 Å². The predicted molar refractivity (Wildman–Crippen MR) is 80.9 cm³/mol. The maximum absolute atomic E-state index is 11.8. The van der Waals surface area contributed by atoms with E-state index in [1.165, 1.54) is 12.1 Å². The van der Waals surface area contributed by atoms with E-state index in [1.807, 2.05) is 13.8 Å². The molecule has 0 heterocycles. The number of halogens is 1. The maximum Gasteiger partial charge on any atom is 0.345 e. The van der Waals surface area contributed by atoms with E-state index >= 15 is 0 Å². The molecule has 0 spiro atoms. The molecule has 1 rings (SSSR count). The van der Waals surface area contributed by atoms with Crippen molar-refractivity contribution in [1.29, 1.82) is 0 Å². The highest BCUT2D eigenvalue weighted by molar-refractivity contribution is 6.31.